The first kappa shape index (κ1) is 16.4. The molecular formula is C13H20ClNO3S. The fourth-order valence-corrected chi connectivity index (χ4v) is 3.02. The summed E-state index contributed by atoms with van der Waals surface area (Å²) >= 11 is 6.07. The van der Waals surface area contributed by atoms with E-state index in [9.17, 15) is 8.42 Å². The van der Waals surface area contributed by atoms with Crippen molar-refractivity contribution in [1.82, 2.24) is 5.32 Å². The average Bonchev–Trinajstić information content (AvgIpc) is 2.33. The van der Waals surface area contributed by atoms with Gasteiger partial charge in [0.2, 0.25) is 0 Å². The fraction of sp³-hybridized carbons (Fsp3) is 0.538. The van der Waals surface area contributed by atoms with Crippen molar-refractivity contribution in [2.24, 2.45) is 0 Å². The van der Waals surface area contributed by atoms with E-state index >= 15 is 0 Å². The minimum Gasteiger partial charge on any atom is -0.385 e. The third-order valence-corrected chi connectivity index (χ3v) is 4.26. The molecule has 6 heteroatoms. The number of ether oxygens (including phenoxy) is 1. The van der Waals surface area contributed by atoms with E-state index in [2.05, 4.69) is 5.32 Å². The Morgan fingerprint density at radius 3 is 2.68 bits per heavy atom. The summed E-state index contributed by atoms with van der Waals surface area (Å²) in [6.45, 7) is 2.00. The summed E-state index contributed by atoms with van der Waals surface area (Å²) in [6.07, 6.45) is 3.15. The number of methoxy groups -OCH3 is 1. The summed E-state index contributed by atoms with van der Waals surface area (Å²) in [6, 6.07) is 4.95. The quantitative estimate of drug-likeness (QED) is 0.749. The number of halogens is 1. The normalized spacial score (nSPS) is 11.7. The maximum atomic E-state index is 11.7. The van der Waals surface area contributed by atoms with E-state index in [1.807, 2.05) is 0 Å². The molecule has 0 bridgehead atoms. The monoisotopic (exact) mass is 305 g/mol. The van der Waals surface area contributed by atoms with Gasteiger partial charge in [-0.3, -0.25) is 0 Å². The van der Waals surface area contributed by atoms with Crippen molar-refractivity contribution in [1.29, 1.82) is 0 Å². The number of sulfone groups is 1. The molecule has 0 unspecified atom stereocenters. The van der Waals surface area contributed by atoms with Crippen molar-refractivity contribution >= 4 is 21.4 Å². The van der Waals surface area contributed by atoms with Gasteiger partial charge in [-0.05, 0) is 31.5 Å². The van der Waals surface area contributed by atoms with Gasteiger partial charge in [-0.2, -0.15) is 0 Å². The van der Waals surface area contributed by atoms with Crippen LogP contribution in [0, 0.1) is 0 Å². The third kappa shape index (κ3) is 5.48. The smallest absolute Gasteiger partial charge is 0.175 e. The largest absolute Gasteiger partial charge is 0.385 e. The van der Waals surface area contributed by atoms with Crippen LogP contribution in [-0.2, 0) is 21.1 Å². The molecule has 0 aromatic heterocycles. The zero-order valence-corrected chi connectivity index (χ0v) is 12.9. The van der Waals surface area contributed by atoms with E-state index in [0.29, 0.717) is 22.0 Å². The van der Waals surface area contributed by atoms with E-state index in [1.165, 1.54) is 6.26 Å². The highest BCUT2D eigenvalue weighted by atomic mass is 35.5. The lowest BCUT2D eigenvalue weighted by atomic mass is 10.2. The van der Waals surface area contributed by atoms with Crippen molar-refractivity contribution < 1.29 is 13.2 Å². The predicted molar refractivity (Wildman–Crippen MR) is 77.4 cm³/mol. The zero-order valence-electron chi connectivity index (χ0n) is 11.3. The Kier molecular flexibility index (Phi) is 6.79. The van der Waals surface area contributed by atoms with E-state index in [0.717, 1.165) is 26.0 Å². The van der Waals surface area contributed by atoms with Gasteiger partial charge in [-0.25, -0.2) is 8.42 Å². The molecule has 1 N–H and O–H groups in total. The van der Waals surface area contributed by atoms with Gasteiger partial charge in [0.15, 0.2) is 9.84 Å². The lowest BCUT2D eigenvalue weighted by Crippen LogP contribution is -2.17. The van der Waals surface area contributed by atoms with Crippen molar-refractivity contribution in [2.75, 3.05) is 26.5 Å². The minimum atomic E-state index is -3.25. The summed E-state index contributed by atoms with van der Waals surface area (Å²) in [5.74, 6) is 0. The van der Waals surface area contributed by atoms with Crippen LogP contribution in [0.5, 0.6) is 0 Å². The maximum Gasteiger partial charge on any atom is 0.175 e. The minimum absolute atomic E-state index is 0.296. The SMILES string of the molecule is COCCCCNCc1c(Cl)cccc1S(C)(=O)=O. The van der Waals surface area contributed by atoms with Crippen LogP contribution in [0.2, 0.25) is 5.02 Å². The van der Waals surface area contributed by atoms with Gasteiger partial charge in [0, 0.05) is 37.1 Å². The molecule has 0 saturated heterocycles. The number of unbranched alkanes of at least 4 members (excludes halogenated alkanes) is 1. The second-order valence-electron chi connectivity index (χ2n) is 4.37. The second-order valence-corrected chi connectivity index (χ2v) is 6.76. The molecule has 108 valence electrons. The van der Waals surface area contributed by atoms with Gasteiger partial charge in [0.25, 0.3) is 0 Å². The molecule has 0 aliphatic heterocycles. The summed E-state index contributed by atoms with van der Waals surface area (Å²) in [5.41, 5.74) is 0.637. The third-order valence-electron chi connectivity index (χ3n) is 2.73. The standard InChI is InChI=1S/C13H20ClNO3S/c1-18-9-4-3-8-15-10-11-12(14)6-5-7-13(11)19(2,16)17/h5-7,15H,3-4,8-10H2,1-2H3. The summed E-state index contributed by atoms with van der Waals surface area (Å²) in [4.78, 5) is 0.296. The van der Waals surface area contributed by atoms with Crippen LogP contribution >= 0.6 is 11.6 Å². The molecule has 4 nitrogen and oxygen atoms in total. The van der Waals surface area contributed by atoms with E-state index in [4.69, 9.17) is 16.3 Å². The van der Waals surface area contributed by atoms with Crippen LogP contribution in [-0.4, -0.2) is 34.9 Å². The van der Waals surface area contributed by atoms with Crippen LogP contribution in [0.25, 0.3) is 0 Å². The summed E-state index contributed by atoms with van der Waals surface area (Å²) in [5, 5.41) is 3.69. The molecule has 19 heavy (non-hydrogen) atoms. The molecule has 0 atom stereocenters. The highest BCUT2D eigenvalue weighted by Crippen LogP contribution is 2.23. The van der Waals surface area contributed by atoms with Crippen LogP contribution < -0.4 is 5.32 Å². The molecule has 0 heterocycles. The van der Waals surface area contributed by atoms with Gasteiger partial charge in [0.1, 0.15) is 0 Å². The number of rotatable bonds is 8. The Morgan fingerprint density at radius 1 is 1.32 bits per heavy atom. The first-order valence-electron chi connectivity index (χ1n) is 6.14. The first-order chi connectivity index (χ1) is 8.96. The maximum absolute atomic E-state index is 11.7. The summed E-state index contributed by atoms with van der Waals surface area (Å²) < 4.78 is 28.3. The highest BCUT2D eigenvalue weighted by molar-refractivity contribution is 7.90. The van der Waals surface area contributed by atoms with E-state index in [-0.39, 0.29) is 0 Å². The van der Waals surface area contributed by atoms with Crippen molar-refractivity contribution in [3.8, 4) is 0 Å². The van der Waals surface area contributed by atoms with Crippen LogP contribution in [0.15, 0.2) is 23.1 Å². The Morgan fingerprint density at radius 2 is 2.05 bits per heavy atom. The molecule has 0 fully saturated rings. The number of hydrogen-bond donors (Lipinski definition) is 1. The Balaban J connectivity index is 2.63. The molecule has 0 radical (unpaired) electrons. The molecule has 0 spiro atoms. The van der Waals surface area contributed by atoms with Gasteiger partial charge in [0.05, 0.1) is 4.90 Å². The van der Waals surface area contributed by atoms with E-state index in [1.54, 1.807) is 25.3 Å². The molecule has 1 rings (SSSR count). The number of benzene rings is 1. The molecular weight excluding hydrogens is 286 g/mol. The Labute approximate surface area is 120 Å². The molecule has 0 saturated carbocycles. The number of hydrogen-bond acceptors (Lipinski definition) is 4. The van der Waals surface area contributed by atoms with Gasteiger partial charge in [-0.15, -0.1) is 0 Å². The molecule has 1 aromatic rings. The van der Waals surface area contributed by atoms with Crippen molar-refractivity contribution in [2.45, 2.75) is 24.3 Å². The lowest BCUT2D eigenvalue weighted by molar-refractivity contribution is 0.192. The van der Waals surface area contributed by atoms with Crippen LogP contribution in [0.4, 0.5) is 0 Å². The predicted octanol–water partition coefficient (Wildman–Crippen LogP) is 2.26. The van der Waals surface area contributed by atoms with Gasteiger partial charge in [-0.1, -0.05) is 17.7 Å². The Hall–Kier alpha value is -0.620. The molecule has 0 aliphatic rings. The fourth-order valence-electron chi connectivity index (χ4n) is 1.77. The average molecular weight is 306 g/mol. The highest BCUT2D eigenvalue weighted by Gasteiger charge is 2.15. The van der Waals surface area contributed by atoms with Gasteiger partial charge >= 0.3 is 0 Å². The first-order valence-corrected chi connectivity index (χ1v) is 8.41. The number of nitrogens with one attached hydrogen (secondary N) is 1. The second kappa shape index (κ2) is 7.85. The Bertz CT molecular complexity index is 503. The van der Waals surface area contributed by atoms with E-state index < -0.39 is 9.84 Å². The van der Waals surface area contributed by atoms with Crippen LogP contribution in [0.1, 0.15) is 18.4 Å². The topological polar surface area (TPSA) is 55.4 Å². The summed E-state index contributed by atoms with van der Waals surface area (Å²) in [7, 11) is -1.58. The zero-order chi connectivity index (χ0) is 14.3. The molecule has 1 aromatic carbocycles. The van der Waals surface area contributed by atoms with Gasteiger partial charge < -0.3 is 10.1 Å². The lowest BCUT2D eigenvalue weighted by Gasteiger charge is -2.11. The van der Waals surface area contributed by atoms with Crippen LogP contribution in [0.3, 0.4) is 0 Å². The molecule has 0 amide bonds. The van der Waals surface area contributed by atoms with Crippen molar-refractivity contribution in [3.05, 3.63) is 28.8 Å². The van der Waals surface area contributed by atoms with Crippen molar-refractivity contribution in [3.63, 3.8) is 0 Å². The molecule has 0 aliphatic carbocycles.